The maximum atomic E-state index is 12.9. The zero-order valence-electron chi connectivity index (χ0n) is 18.6. The molecule has 2 atom stereocenters. The fourth-order valence-electron chi connectivity index (χ4n) is 5.56. The monoisotopic (exact) mass is 421 g/mol. The van der Waals surface area contributed by atoms with Crippen molar-refractivity contribution in [3.63, 3.8) is 0 Å². The predicted molar refractivity (Wildman–Crippen MR) is 119 cm³/mol. The highest BCUT2D eigenvalue weighted by molar-refractivity contribution is 5.92. The van der Waals surface area contributed by atoms with E-state index in [1.165, 1.54) is 0 Å². The standard InChI is InChI=1S/C26H31NO4/c1-25(2)13-20-14-26(3,17-25)18-27(20)23(28)16-31-24(29)22-12-8-7-9-19(22)15-30-21-10-5-4-6-11-21/h4-12,20H,13-18H2,1-3H3/t20-,26+/m1/s1. The second-order valence-electron chi connectivity index (χ2n) is 10.1. The summed E-state index contributed by atoms with van der Waals surface area (Å²) in [5, 5.41) is 0. The number of carbonyl (C=O) groups excluding carboxylic acids is 2. The maximum absolute atomic E-state index is 12.9. The summed E-state index contributed by atoms with van der Waals surface area (Å²) < 4.78 is 11.2. The van der Waals surface area contributed by atoms with Gasteiger partial charge in [-0.15, -0.1) is 0 Å². The Bertz CT molecular complexity index is 955. The number of benzene rings is 2. The summed E-state index contributed by atoms with van der Waals surface area (Å²) in [6.07, 6.45) is 3.16. The van der Waals surface area contributed by atoms with Gasteiger partial charge in [0.1, 0.15) is 12.4 Å². The van der Waals surface area contributed by atoms with Crippen LogP contribution in [0.1, 0.15) is 56.0 Å². The lowest BCUT2D eigenvalue weighted by Gasteiger charge is -2.39. The molecule has 2 fully saturated rings. The summed E-state index contributed by atoms with van der Waals surface area (Å²) in [7, 11) is 0. The van der Waals surface area contributed by atoms with Gasteiger partial charge in [-0.3, -0.25) is 4.79 Å². The van der Waals surface area contributed by atoms with Crippen LogP contribution in [0.4, 0.5) is 0 Å². The highest BCUT2D eigenvalue weighted by atomic mass is 16.5. The van der Waals surface area contributed by atoms with Crippen molar-refractivity contribution in [3.8, 4) is 5.75 Å². The number of nitrogens with zero attached hydrogens (tertiary/aromatic N) is 1. The van der Waals surface area contributed by atoms with Crippen molar-refractivity contribution in [1.82, 2.24) is 4.90 Å². The summed E-state index contributed by atoms with van der Waals surface area (Å²) in [5.41, 5.74) is 1.56. The molecule has 0 N–H and O–H groups in total. The number of fused-ring (bicyclic) bond motifs is 2. The number of amides is 1. The molecular formula is C26H31NO4. The lowest BCUT2D eigenvalue weighted by atomic mass is 9.65. The molecule has 1 aliphatic carbocycles. The first kappa shape index (κ1) is 21.4. The Morgan fingerprint density at radius 1 is 1.00 bits per heavy atom. The van der Waals surface area contributed by atoms with E-state index in [1.54, 1.807) is 12.1 Å². The van der Waals surface area contributed by atoms with Gasteiger partial charge < -0.3 is 14.4 Å². The van der Waals surface area contributed by atoms with Crippen LogP contribution in [-0.4, -0.2) is 36.0 Å². The Hall–Kier alpha value is -2.82. The molecule has 0 spiro atoms. The Morgan fingerprint density at radius 2 is 1.71 bits per heavy atom. The lowest BCUT2D eigenvalue weighted by Crippen LogP contribution is -2.39. The number of esters is 1. The largest absolute Gasteiger partial charge is 0.489 e. The molecule has 0 radical (unpaired) electrons. The van der Waals surface area contributed by atoms with E-state index in [4.69, 9.17) is 9.47 Å². The normalized spacial score (nSPS) is 24.0. The van der Waals surface area contributed by atoms with Gasteiger partial charge in [0.15, 0.2) is 6.61 Å². The average molecular weight is 422 g/mol. The minimum absolute atomic E-state index is 0.0993. The molecule has 164 valence electrons. The predicted octanol–water partition coefficient (Wildman–Crippen LogP) is 4.85. The highest BCUT2D eigenvalue weighted by Crippen LogP contribution is 2.52. The van der Waals surface area contributed by atoms with Crippen LogP contribution in [0, 0.1) is 10.8 Å². The van der Waals surface area contributed by atoms with E-state index in [9.17, 15) is 9.59 Å². The molecule has 1 saturated carbocycles. The van der Waals surface area contributed by atoms with Gasteiger partial charge >= 0.3 is 5.97 Å². The number of likely N-dealkylation sites (tertiary alicyclic amines) is 1. The van der Waals surface area contributed by atoms with Crippen LogP contribution in [0.25, 0.3) is 0 Å². The molecule has 1 amide bonds. The molecule has 0 aromatic heterocycles. The third-order valence-electron chi connectivity index (χ3n) is 6.44. The summed E-state index contributed by atoms with van der Waals surface area (Å²) >= 11 is 0. The molecule has 31 heavy (non-hydrogen) atoms. The minimum atomic E-state index is -0.491. The smallest absolute Gasteiger partial charge is 0.339 e. The van der Waals surface area contributed by atoms with Gasteiger partial charge in [0.25, 0.3) is 5.91 Å². The van der Waals surface area contributed by atoms with Gasteiger partial charge in [0.05, 0.1) is 5.56 Å². The van der Waals surface area contributed by atoms with Crippen molar-refractivity contribution in [2.75, 3.05) is 13.2 Å². The van der Waals surface area contributed by atoms with Crippen LogP contribution in [-0.2, 0) is 16.1 Å². The van der Waals surface area contributed by atoms with Crippen LogP contribution in [0.5, 0.6) is 5.75 Å². The topological polar surface area (TPSA) is 55.8 Å². The number of hydrogen-bond donors (Lipinski definition) is 0. The lowest BCUT2D eigenvalue weighted by molar-refractivity contribution is -0.135. The van der Waals surface area contributed by atoms with Crippen LogP contribution < -0.4 is 4.74 Å². The van der Waals surface area contributed by atoms with E-state index in [0.29, 0.717) is 5.56 Å². The second-order valence-corrected chi connectivity index (χ2v) is 10.1. The zero-order chi connectivity index (χ0) is 22.1. The SMILES string of the molecule is CC1(C)C[C@@H]2C[C@](C)(CN2C(=O)COC(=O)c2ccccc2COc2ccccc2)C1. The first-order valence-corrected chi connectivity index (χ1v) is 11.0. The molecule has 2 bridgehead atoms. The van der Waals surface area contributed by atoms with Crippen LogP contribution in [0.15, 0.2) is 54.6 Å². The Balaban J connectivity index is 1.37. The quantitative estimate of drug-likeness (QED) is 0.626. The van der Waals surface area contributed by atoms with Crippen molar-refractivity contribution in [2.45, 2.75) is 52.7 Å². The molecule has 5 heteroatoms. The molecule has 2 aromatic carbocycles. The number of hydrogen-bond acceptors (Lipinski definition) is 4. The molecule has 4 rings (SSSR count). The highest BCUT2D eigenvalue weighted by Gasteiger charge is 2.50. The molecule has 1 heterocycles. The Labute approximate surface area is 184 Å². The molecular weight excluding hydrogens is 390 g/mol. The maximum Gasteiger partial charge on any atom is 0.339 e. The number of ether oxygens (including phenoxy) is 2. The molecule has 5 nitrogen and oxygen atoms in total. The fraction of sp³-hybridized carbons (Fsp3) is 0.462. The molecule has 1 saturated heterocycles. The van der Waals surface area contributed by atoms with E-state index in [-0.39, 0.29) is 36.0 Å². The first-order chi connectivity index (χ1) is 14.7. The molecule has 2 aliphatic rings. The van der Waals surface area contributed by atoms with Gasteiger partial charge in [0, 0.05) is 18.2 Å². The fourth-order valence-corrected chi connectivity index (χ4v) is 5.56. The number of para-hydroxylation sites is 1. The van der Waals surface area contributed by atoms with Crippen LogP contribution in [0.3, 0.4) is 0 Å². The Morgan fingerprint density at radius 3 is 2.48 bits per heavy atom. The summed E-state index contributed by atoms with van der Waals surface area (Å²) in [5.74, 6) is 0.143. The first-order valence-electron chi connectivity index (χ1n) is 11.0. The number of rotatable bonds is 6. The summed E-state index contributed by atoms with van der Waals surface area (Å²) in [6.45, 7) is 7.60. The van der Waals surface area contributed by atoms with Crippen LogP contribution in [0.2, 0.25) is 0 Å². The molecule has 2 aromatic rings. The summed E-state index contributed by atoms with van der Waals surface area (Å²) in [6, 6.07) is 16.9. The minimum Gasteiger partial charge on any atom is -0.489 e. The van der Waals surface area contributed by atoms with Gasteiger partial charge in [-0.25, -0.2) is 4.79 Å². The van der Waals surface area contributed by atoms with E-state index >= 15 is 0 Å². The van der Waals surface area contributed by atoms with E-state index in [1.807, 2.05) is 47.4 Å². The number of carbonyl (C=O) groups is 2. The van der Waals surface area contributed by atoms with Gasteiger partial charge in [-0.1, -0.05) is 57.2 Å². The average Bonchev–Trinajstić information content (AvgIpc) is 3.00. The Kier molecular flexibility index (Phi) is 5.78. The van der Waals surface area contributed by atoms with Crippen LogP contribution >= 0.6 is 0 Å². The third-order valence-corrected chi connectivity index (χ3v) is 6.44. The van der Waals surface area contributed by atoms with Crippen molar-refractivity contribution in [2.24, 2.45) is 10.8 Å². The van der Waals surface area contributed by atoms with Crippen molar-refractivity contribution >= 4 is 11.9 Å². The van der Waals surface area contributed by atoms with E-state index in [2.05, 4.69) is 20.8 Å². The summed E-state index contributed by atoms with van der Waals surface area (Å²) in [4.78, 5) is 27.6. The second kappa shape index (κ2) is 8.37. The molecule has 0 unspecified atom stereocenters. The van der Waals surface area contributed by atoms with Gasteiger partial charge in [0.2, 0.25) is 0 Å². The van der Waals surface area contributed by atoms with Gasteiger partial charge in [-0.2, -0.15) is 0 Å². The third kappa shape index (κ3) is 4.92. The van der Waals surface area contributed by atoms with E-state index in [0.717, 1.165) is 37.1 Å². The van der Waals surface area contributed by atoms with Crippen molar-refractivity contribution in [3.05, 3.63) is 65.7 Å². The van der Waals surface area contributed by atoms with Crippen molar-refractivity contribution < 1.29 is 19.1 Å². The zero-order valence-corrected chi connectivity index (χ0v) is 18.6. The van der Waals surface area contributed by atoms with Gasteiger partial charge in [-0.05, 0) is 48.3 Å². The van der Waals surface area contributed by atoms with Crippen molar-refractivity contribution in [1.29, 1.82) is 0 Å². The molecule has 1 aliphatic heterocycles. The van der Waals surface area contributed by atoms with E-state index < -0.39 is 5.97 Å².